The summed E-state index contributed by atoms with van der Waals surface area (Å²) in [5.41, 5.74) is 7.88. The molecule has 61 heavy (non-hydrogen) atoms. The van der Waals surface area contributed by atoms with E-state index in [-0.39, 0.29) is 84.5 Å². The third-order valence-corrected chi connectivity index (χ3v) is 11.3. The summed E-state index contributed by atoms with van der Waals surface area (Å²) < 4.78 is 86.7. The van der Waals surface area contributed by atoms with Gasteiger partial charge in [-0.2, -0.15) is 0 Å². The van der Waals surface area contributed by atoms with Crippen LogP contribution < -0.4 is 0 Å². The highest BCUT2D eigenvalue weighted by Gasteiger charge is 2.22. The molecule has 2 aromatic heterocycles. The summed E-state index contributed by atoms with van der Waals surface area (Å²) in [7, 11) is 0. The zero-order valence-electron chi connectivity index (χ0n) is 41.4. The number of hydrogen-bond acceptors (Lipinski definition) is 3. The van der Waals surface area contributed by atoms with E-state index < -0.39 is 36.3 Å². The Hall–Kier alpha value is -8.21. The maximum absolute atomic E-state index is 10.3. The molecule has 0 atom stereocenters. The number of aromatic nitrogens is 4. The smallest absolute Gasteiger partial charge is 0.164 e. The van der Waals surface area contributed by atoms with Crippen molar-refractivity contribution >= 4 is 43.4 Å². The van der Waals surface area contributed by atoms with Gasteiger partial charge in [-0.15, -0.1) is 0 Å². The van der Waals surface area contributed by atoms with Crippen molar-refractivity contribution in [2.24, 2.45) is 0 Å². The molecule has 0 radical (unpaired) electrons. The molecule has 0 spiro atoms. The van der Waals surface area contributed by atoms with Gasteiger partial charge < -0.3 is 4.57 Å². The number of fused-ring (bicyclic) bond motifs is 3. The van der Waals surface area contributed by atoms with Crippen LogP contribution >= 0.6 is 0 Å². The second-order valence-corrected chi connectivity index (χ2v) is 14.9. The molecule has 284 valence electrons. The quantitative estimate of drug-likeness (QED) is 0.151. The van der Waals surface area contributed by atoms with Crippen LogP contribution in [0, 0.1) is 0 Å². The van der Waals surface area contributed by atoms with E-state index in [0.29, 0.717) is 16.8 Å². The largest absolute Gasteiger partial charge is 0.309 e. The predicted octanol–water partition coefficient (Wildman–Crippen LogP) is 14.7. The van der Waals surface area contributed by atoms with Crippen molar-refractivity contribution < 1.29 is 12.3 Å². The standard InChI is InChI=1S/C57H36N4/c1-4-14-37(15-5-1)40-26-30-42(31-27-40)55-58-56(43-32-28-41(29-33-43)38-16-6-2-7-17-38)60-57(59-55)45-35-50-48-23-11-10-22-47(48)49-24-13-25-51-53(49)54(50)52(36-45)61(51)46-21-12-20-44(34-46)39-18-8-3-9-19-39/h1-36H/i10D,11D,13D,22D,23D,24D,25D,35D,36D. The van der Waals surface area contributed by atoms with Gasteiger partial charge in [0.2, 0.25) is 0 Å². The number of benzene rings is 10. The van der Waals surface area contributed by atoms with Crippen molar-refractivity contribution in [3.63, 3.8) is 0 Å². The Morgan fingerprint density at radius 3 is 1.34 bits per heavy atom. The van der Waals surface area contributed by atoms with E-state index in [2.05, 4.69) is 0 Å². The van der Waals surface area contributed by atoms with E-state index in [9.17, 15) is 9.60 Å². The molecule has 0 saturated heterocycles. The van der Waals surface area contributed by atoms with Crippen molar-refractivity contribution in [1.82, 2.24) is 19.5 Å². The molecule has 2 heterocycles. The van der Waals surface area contributed by atoms with Gasteiger partial charge in [0.15, 0.2) is 17.5 Å². The van der Waals surface area contributed by atoms with Crippen molar-refractivity contribution in [2.75, 3.05) is 0 Å². The highest BCUT2D eigenvalue weighted by Crippen LogP contribution is 2.45. The van der Waals surface area contributed by atoms with Gasteiger partial charge >= 0.3 is 0 Å². The Morgan fingerprint density at radius 1 is 0.328 bits per heavy atom. The molecule has 10 aromatic carbocycles. The number of hydrogen-bond donors (Lipinski definition) is 0. The number of nitrogens with zero attached hydrogens (tertiary/aromatic N) is 4. The Morgan fingerprint density at radius 2 is 0.770 bits per heavy atom. The van der Waals surface area contributed by atoms with Gasteiger partial charge in [-0.1, -0.05) is 188 Å². The van der Waals surface area contributed by atoms with Crippen molar-refractivity contribution in [2.45, 2.75) is 0 Å². The van der Waals surface area contributed by atoms with E-state index >= 15 is 0 Å². The van der Waals surface area contributed by atoms with E-state index in [0.717, 1.165) is 33.4 Å². The highest BCUT2D eigenvalue weighted by molar-refractivity contribution is 6.35. The minimum Gasteiger partial charge on any atom is -0.309 e. The zero-order chi connectivity index (χ0) is 48.1. The first-order valence-corrected chi connectivity index (χ1v) is 20.0. The Kier molecular flexibility index (Phi) is 6.25. The fourth-order valence-corrected chi connectivity index (χ4v) is 8.37. The third-order valence-electron chi connectivity index (χ3n) is 11.3. The lowest BCUT2D eigenvalue weighted by atomic mass is 9.93. The van der Waals surface area contributed by atoms with Crippen LogP contribution in [-0.2, 0) is 0 Å². The lowest BCUT2D eigenvalue weighted by Gasteiger charge is -2.13. The van der Waals surface area contributed by atoms with E-state index in [1.54, 1.807) is 4.57 Å². The Labute approximate surface area is 365 Å². The number of rotatable bonds is 7. The average molecular weight is 786 g/mol. The molecular formula is C57H36N4. The first kappa shape index (κ1) is 26.7. The van der Waals surface area contributed by atoms with Gasteiger partial charge in [0.1, 0.15) is 0 Å². The molecule has 12 aromatic rings. The first-order valence-electron chi connectivity index (χ1n) is 24.5. The predicted molar refractivity (Wildman–Crippen MR) is 253 cm³/mol. The minimum absolute atomic E-state index is 0.0242. The van der Waals surface area contributed by atoms with Gasteiger partial charge in [-0.25, -0.2) is 15.0 Å². The van der Waals surface area contributed by atoms with Crippen LogP contribution in [0.25, 0.3) is 117 Å². The van der Waals surface area contributed by atoms with Crippen LogP contribution in [-0.4, -0.2) is 19.5 Å². The summed E-state index contributed by atoms with van der Waals surface area (Å²) in [4.78, 5) is 15.1. The second kappa shape index (κ2) is 14.3. The van der Waals surface area contributed by atoms with Crippen LogP contribution in [0.15, 0.2) is 218 Å². The topological polar surface area (TPSA) is 43.6 Å². The van der Waals surface area contributed by atoms with Crippen molar-refractivity contribution in [1.29, 1.82) is 0 Å². The third kappa shape index (κ3) is 5.96. The second-order valence-electron chi connectivity index (χ2n) is 14.9. The SMILES string of the molecule is [2H]c1c([2H])c([2H])c2c(c1[2H])c1c([2H])c([2H])c([2H])c3c1c1c2c([2H])c(-c2nc(-c4ccc(-c5ccccc5)cc4)nc(-c4ccc(-c5ccccc5)cc4)n2)c([2H])c1n3-c1cccc(-c2ccccc2)c1. The molecule has 0 aliphatic carbocycles. The van der Waals surface area contributed by atoms with Crippen LogP contribution in [0.5, 0.6) is 0 Å². The lowest BCUT2D eigenvalue weighted by molar-refractivity contribution is 1.07. The van der Waals surface area contributed by atoms with E-state index in [1.165, 1.54) is 0 Å². The summed E-state index contributed by atoms with van der Waals surface area (Å²) in [6, 6.07) is 49.2. The molecule has 0 unspecified atom stereocenters. The average Bonchev–Trinajstić information content (AvgIpc) is 3.77. The molecular weight excluding hydrogens is 741 g/mol. The maximum atomic E-state index is 10.3. The van der Waals surface area contributed by atoms with Crippen LogP contribution in [0.1, 0.15) is 12.3 Å². The summed E-state index contributed by atoms with van der Waals surface area (Å²) in [6.45, 7) is 0. The van der Waals surface area contributed by atoms with Gasteiger partial charge in [0, 0.05) is 33.2 Å². The van der Waals surface area contributed by atoms with Crippen molar-refractivity contribution in [3.8, 4) is 73.2 Å². The fraction of sp³-hybridized carbons (Fsp3) is 0. The molecule has 0 fully saturated rings. The van der Waals surface area contributed by atoms with Crippen LogP contribution in [0.2, 0.25) is 0 Å². The monoisotopic (exact) mass is 785 g/mol. The molecule has 12 rings (SSSR count). The van der Waals surface area contributed by atoms with Crippen LogP contribution in [0.3, 0.4) is 0 Å². The van der Waals surface area contributed by atoms with E-state index in [4.69, 9.17) is 17.7 Å². The van der Waals surface area contributed by atoms with Crippen molar-refractivity contribution in [3.05, 3.63) is 218 Å². The Bertz CT molecular complexity index is 3970. The summed E-state index contributed by atoms with van der Waals surface area (Å²) in [5.74, 6) is 0.515. The molecule has 0 aliphatic rings. The normalized spacial score (nSPS) is 13.7. The molecule has 0 amide bonds. The molecule has 0 aliphatic heterocycles. The van der Waals surface area contributed by atoms with Gasteiger partial charge in [0.25, 0.3) is 0 Å². The maximum Gasteiger partial charge on any atom is 0.164 e. The van der Waals surface area contributed by atoms with E-state index in [1.807, 2.05) is 164 Å². The first-order chi connectivity index (χ1) is 34.0. The summed E-state index contributed by atoms with van der Waals surface area (Å²) in [5, 5.41) is 0.544. The molecule has 0 saturated carbocycles. The van der Waals surface area contributed by atoms with Gasteiger partial charge in [-0.05, 0) is 85.2 Å². The summed E-state index contributed by atoms with van der Waals surface area (Å²) in [6.07, 6.45) is 0. The summed E-state index contributed by atoms with van der Waals surface area (Å²) >= 11 is 0. The fourth-order valence-electron chi connectivity index (χ4n) is 8.37. The molecule has 0 N–H and O–H groups in total. The highest BCUT2D eigenvalue weighted by atomic mass is 15.0. The Balaban J connectivity index is 1.21. The van der Waals surface area contributed by atoms with Gasteiger partial charge in [0.05, 0.1) is 23.4 Å². The lowest BCUT2D eigenvalue weighted by Crippen LogP contribution is -2.01. The zero-order valence-corrected chi connectivity index (χ0v) is 32.4. The molecule has 0 bridgehead atoms. The minimum atomic E-state index is -0.542. The molecule has 4 nitrogen and oxygen atoms in total. The van der Waals surface area contributed by atoms with Gasteiger partial charge in [-0.3, -0.25) is 0 Å². The molecule has 4 heteroatoms. The van der Waals surface area contributed by atoms with Crippen LogP contribution in [0.4, 0.5) is 0 Å².